The van der Waals surface area contributed by atoms with Gasteiger partial charge in [0.1, 0.15) is 14.5 Å². The van der Waals surface area contributed by atoms with Gasteiger partial charge in [-0.15, -0.1) is 0 Å². The Bertz CT molecular complexity index is 374. The lowest BCUT2D eigenvalue weighted by atomic mass is 9.87. The highest BCUT2D eigenvalue weighted by molar-refractivity contribution is 6.33. The van der Waals surface area contributed by atoms with Gasteiger partial charge in [0.15, 0.2) is 0 Å². The Morgan fingerprint density at radius 3 is 2.75 bits per heavy atom. The quantitative estimate of drug-likeness (QED) is 0.565. The predicted molar refractivity (Wildman–Crippen MR) is 68.8 cm³/mol. The summed E-state index contributed by atoms with van der Waals surface area (Å²) in [7, 11) is 2.04. The van der Waals surface area contributed by atoms with Crippen LogP contribution in [0.2, 0.25) is 0 Å². The summed E-state index contributed by atoms with van der Waals surface area (Å²) in [6.45, 7) is 6.20. The highest BCUT2D eigenvalue weighted by Gasteiger charge is 2.06. The first-order valence-electron chi connectivity index (χ1n) is 5.77. The molecule has 0 fully saturated rings. The maximum absolute atomic E-state index is 10.8. The van der Waals surface area contributed by atoms with Crippen LogP contribution in [0.4, 0.5) is 0 Å². The van der Waals surface area contributed by atoms with Gasteiger partial charge in [0.2, 0.25) is 0 Å². The average Bonchev–Trinajstić information content (AvgIpc) is 2.26. The highest BCUT2D eigenvalue weighted by Crippen LogP contribution is 2.18. The van der Waals surface area contributed by atoms with Gasteiger partial charge < -0.3 is 4.74 Å². The zero-order valence-corrected chi connectivity index (χ0v) is 10.5. The molecule has 1 atom stereocenters. The Labute approximate surface area is 98.4 Å². The van der Waals surface area contributed by atoms with Crippen LogP contribution in [-0.4, -0.2) is 13.8 Å². The van der Waals surface area contributed by atoms with Crippen LogP contribution in [-0.2, 0) is 16.1 Å². The van der Waals surface area contributed by atoms with Crippen LogP contribution in [0.1, 0.15) is 44.2 Å². The second kappa shape index (κ2) is 5.73. The van der Waals surface area contributed by atoms with Crippen molar-refractivity contribution < 1.29 is 9.53 Å². The third kappa shape index (κ3) is 3.40. The summed E-state index contributed by atoms with van der Waals surface area (Å²) < 4.78 is 5.04. The third-order valence-corrected chi connectivity index (χ3v) is 2.99. The van der Waals surface area contributed by atoms with Gasteiger partial charge in [-0.3, -0.25) is 4.79 Å². The van der Waals surface area contributed by atoms with Crippen LogP contribution >= 0.6 is 0 Å². The average molecular weight is 218 g/mol. The van der Waals surface area contributed by atoms with E-state index in [1.807, 2.05) is 7.85 Å². The maximum atomic E-state index is 10.8. The van der Waals surface area contributed by atoms with Crippen LogP contribution in [0.5, 0.6) is 0 Å². The van der Waals surface area contributed by atoms with Crippen molar-refractivity contribution in [3.05, 3.63) is 29.3 Å². The molecule has 0 saturated carbocycles. The standard InChI is InChI=1S/C13H19BO2/c1-4-9(2)11-5-6-13(14)12(7-11)8-16-10(3)15/h5-7,9H,4,8,14H2,1-3H3. The summed E-state index contributed by atoms with van der Waals surface area (Å²) in [6.07, 6.45) is 1.12. The fraction of sp³-hybridized carbons (Fsp3) is 0.462. The first kappa shape index (κ1) is 12.8. The van der Waals surface area contributed by atoms with E-state index in [2.05, 4.69) is 32.0 Å². The Hall–Kier alpha value is -1.25. The maximum Gasteiger partial charge on any atom is 0.302 e. The molecule has 86 valence electrons. The monoisotopic (exact) mass is 218 g/mol. The van der Waals surface area contributed by atoms with Crippen molar-refractivity contribution in [2.75, 3.05) is 0 Å². The van der Waals surface area contributed by atoms with Crippen LogP contribution in [0.25, 0.3) is 0 Å². The van der Waals surface area contributed by atoms with E-state index in [1.165, 1.54) is 17.9 Å². The van der Waals surface area contributed by atoms with Crippen molar-refractivity contribution in [1.29, 1.82) is 0 Å². The largest absolute Gasteiger partial charge is 0.461 e. The number of benzene rings is 1. The summed E-state index contributed by atoms with van der Waals surface area (Å²) in [6, 6.07) is 6.40. The lowest BCUT2D eigenvalue weighted by Gasteiger charge is -2.13. The molecule has 3 heteroatoms. The van der Waals surface area contributed by atoms with Gasteiger partial charge in [-0.2, -0.15) is 0 Å². The van der Waals surface area contributed by atoms with Crippen LogP contribution < -0.4 is 5.46 Å². The normalized spacial score (nSPS) is 12.2. The van der Waals surface area contributed by atoms with E-state index in [4.69, 9.17) is 4.74 Å². The summed E-state index contributed by atoms with van der Waals surface area (Å²) in [5, 5.41) is 0. The second-order valence-electron chi connectivity index (χ2n) is 4.28. The van der Waals surface area contributed by atoms with E-state index in [0.717, 1.165) is 12.0 Å². The van der Waals surface area contributed by atoms with Crippen LogP contribution in [0.15, 0.2) is 18.2 Å². The predicted octanol–water partition coefficient (Wildman–Crippen LogP) is 1.52. The van der Waals surface area contributed by atoms with Gasteiger partial charge in [-0.05, 0) is 23.5 Å². The smallest absolute Gasteiger partial charge is 0.302 e. The van der Waals surface area contributed by atoms with E-state index in [-0.39, 0.29) is 5.97 Å². The van der Waals surface area contributed by atoms with Gasteiger partial charge in [0.25, 0.3) is 0 Å². The minimum Gasteiger partial charge on any atom is -0.461 e. The minimum atomic E-state index is -0.228. The molecule has 2 nitrogen and oxygen atoms in total. The van der Waals surface area contributed by atoms with Crippen LogP contribution in [0.3, 0.4) is 0 Å². The molecular weight excluding hydrogens is 199 g/mol. The molecule has 1 aromatic carbocycles. The Balaban J connectivity index is 2.86. The number of rotatable bonds is 4. The molecule has 1 unspecified atom stereocenters. The van der Waals surface area contributed by atoms with E-state index in [9.17, 15) is 4.79 Å². The van der Waals surface area contributed by atoms with Gasteiger partial charge in [0.05, 0.1) is 0 Å². The van der Waals surface area contributed by atoms with Crippen molar-refractivity contribution in [1.82, 2.24) is 0 Å². The molecule has 0 heterocycles. The minimum absolute atomic E-state index is 0.228. The van der Waals surface area contributed by atoms with Crippen molar-refractivity contribution in [3.63, 3.8) is 0 Å². The number of carbonyl (C=O) groups excluding carboxylic acids is 1. The molecule has 0 radical (unpaired) electrons. The first-order chi connectivity index (χ1) is 7.54. The Morgan fingerprint density at radius 2 is 2.19 bits per heavy atom. The molecule has 16 heavy (non-hydrogen) atoms. The molecule has 1 rings (SSSR count). The van der Waals surface area contributed by atoms with Crippen LogP contribution in [0, 0.1) is 0 Å². The number of hydrogen-bond donors (Lipinski definition) is 0. The molecular formula is C13H19BO2. The number of esters is 1. The summed E-state index contributed by atoms with van der Waals surface area (Å²) in [5.74, 6) is 0.324. The van der Waals surface area contributed by atoms with Gasteiger partial charge >= 0.3 is 5.97 Å². The third-order valence-electron chi connectivity index (χ3n) is 2.99. The van der Waals surface area contributed by atoms with E-state index >= 15 is 0 Å². The Morgan fingerprint density at radius 1 is 1.50 bits per heavy atom. The molecule has 0 aliphatic rings. The Kier molecular flexibility index (Phi) is 4.60. The lowest BCUT2D eigenvalue weighted by Crippen LogP contribution is -2.13. The number of carbonyl (C=O) groups is 1. The molecule has 0 aliphatic heterocycles. The van der Waals surface area contributed by atoms with E-state index < -0.39 is 0 Å². The molecule has 0 aliphatic carbocycles. The summed E-state index contributed by atoms with van der Waals surface area (Å²) in [4.78, 5) is 10.8. The van der Waals surface area contributed by atoms with Crippen molar-refractivity contribution >= 4 is 19.3 Å². The number of hydrogen-bond acceptors (Lipinski definition) is 2. The summed E-state index contributed by atoms with van der Waals surface area (Å²) >= 11 is 0. The molecule has 0 amide bonds. The molecule has 0 N–H and O–H groups in total. The fourth-order valence-corrected chi connectivity index (χ4v) is 1.57. The van der Waals surface area contributed by atoms with Gasteiger partial charge in [0, 0.05) is 6.92 Å². The molecule has 0 spiro atoms. The molecule has 0 saturated heterocycles. The van der Waals surface area contributed by atoms with Crippen molar-refractivity contribution in [2.24, 2.45) is 0 Å². The fourth-order valence-electron chi connectivity index (χ4n) is 1.57. The van der Waals surface area contributed by atoms with E-state index in [1.54, 1.807) is 0 Å². The SMILES string of the molecule is Bc1ccc(C(C)CC)cc1COC(C)=O. The van der Waals surface area contributed by atoms with E-state index in [0.29, 0.717) is 12.5 Å². The second-order valence-corrected chi connectivity index (χ2v) is 4.28. The highest BCUT2D eigenvalue weighted by atomic mass is 16.5. The first-order valence-corrected chi connectivity index (χ1v) is 5.77. The molecule has 1 aromatic rings. The van der Waals surface area contributed by atoms with Crippen molar-refractivity contribution in [3.8, 4) is 0 Å². The number of ether oxygens (including phenoxy) is 1. The lowest BCUT2D eigenvalue weighted by molar-refractivity contribution is -0.142. The van der Waals surface area contributed by atoms with Gasteiger partial charge in [-0.1, -0.05) is 37.5 Å². The molecule has 0 bridgehead atoms. The topological polar surface area (TPSA) is 26.3 Å². The zero-order valence-electron chi connectivity index (χ0n) is 10.5. The zero-order chi connectivity index (χ0) is 12.1. The van der Waals surface area contributed by atoms with Gasteiger partial charge in [-0.25, -0.2) is 0 Å². The summed E-state index contributed by atoms with van der Waals surface area (Å²) in [5.41, 5.74) is 3.59. The molecule has 0 aromatic heterocycles. The van der Waals surface area contributed by atoms with Crippen molar-refractivity contribution in [2.45, 2.75) is 39.7 Å².